The van der Waals surface area contributed by atoms with Crippen LogP contribution in [0.25, 0.3) is 0 Å². The molecule has 2 saturated heterocycles. The van der Waals surface area contributed by atoms with Gasteiger partial charge in [0, 0.05) is 56.6 Å². The molecule has 2 aromatic carbocycles. The van der Waals surface area contributed by atoms with Gasteiger partial charge in [-0.2, -0.15) is 0 Å². The molecule has 2 heterocycles. The lowest BCUT2D eigenvalue weighted by Gasteiger charge is -2.39. The van der Waals surface area contributed by atoms with Crippen molar-refractivity contribution in [2.24, 2.45) is 5.92 Å². The lowest BCUT2D eigenvalue weighted by molar-refractivity contribution is -0.133. The number of piperidine rings is 1. The molecular weight excluding hydrogens is 476 g/mol. The molecule has 3 fully saturated rings. The first-order chi connectivity index (χ1) is 18.5. The lowest BCUT2D eigenvalue weighted by Crippen LogP contribution is -2.50. The van der Waals surface area contributed by atoms with Gasteiger partial charge in [0.1, 0.15) is 0 Å². The topological polar surface area (TPSA) is 73.0 Å². The summed E-state index contributed by atoms with van der Waals surface area (Å²) in [6.07, 6.45) is 6.97. The number of nitrogens with one attached hydrogen (secondary N) is 1. The average Bonchev–Trinajstić information content (AvgIpc) is 2.93. The van der Waals surface area contributed by atoms with E-state index in [1.165, 1.54) is 0 Å². The number of rotatable bonds is 7. The monoisotopic (exact) mass is 516 g/mol. The number of benzene rings is 2. The van der Waals surface area contributed by atoms with Gasteiger partial charge in [-0.05, 0) is 62.3 Å². The number of likely N-dealkylation sites (tertiary alicyclic amines) is 1. The van der Waals surface area contributed by atoms with Crippen LogP contribution in [0.4, 0.5) is 11.4 Å². The Morgan fingerprint density at radius 2 is 1.55 bits per heavy atom. The predicted molar refractivity (Wildman–Crippen MR) is 150 cm³/mol. The minimum atomic E-state index is -0.127. The molecule has 5 rings (SSSR count). The van der Waals surface area contributed by atoms with E-state index in [4.69, 9.17) is 0 Å². The molecule has 0 spiro atoms. The number of amides is 3. The van der Waals surface area contributed by atoms with Crippen molar-refractivity contribution >= 4 is 29.1 Å². The first kappa shape index (κ1) is 26.3. The quantitative estimate of drug-likeness (QED) is 0.569. The minimum Gasteiger partial charge on any atom is -0.367 e. The SMILES string of the molecule is CCC(C(=O)N1CCN(c2ccc(NC(=O)C3CCC3)cc2C(=O)N2CCCCC2)CC1)c1ccccc1. The summed E-state index contributed by atoms with van der Waals surface area (Å²) in [5.41, 5.74) is 3.29. The van der Waals surface area contributed by atoms with Crippen LogP contribution in [-0.2, 0) is 9.59 Å². The van der Waals surface area contributed by atoms with E-state index in [0.717, 1.165) is 69.3 Å². The molecule has 1 unspecified atom stereocenters. The third-order valence-corrected chi connectivity index (χ3v) is 8.45. The molecule has 2 aliphatic heterocycles. The second-order valence-electron chi connectivity index (χ2n) is 10.9. The van der Waals surface area contributed by atoms with Gasteiger partial charge in [-0.25, -0.2) is 0 Å². The zero-order valence-corrected chi connectivity index (χ0v) is 22.5. The van der Waals surface area contributed by atoms with E-state index in [0.29, 0.717) is 37.4 Å². The summed E-state index contributed by atoms with van der Waals surface area (Å²) >= 11 is 0. The Balaban J connectivity index is 1.31. The van der Waals surface area contributed by atoms with Crippen molar-refractivity contribution in [1.29, 1.82) is 0 Å². The van der Waals surface area contributed by atoms with Crippen LogP contribution in [-0.4, -0.2) is 66.8 Å². The van der Waals surface area contributed by atoms with Crippen LogP contribution in [0.2, 0.25) is 0 Å². The summed E-state index contributed by atoms with van der Waals surface area (Å²) in [6, 6.07) is 15.8. The Kier molecular flexibility index (Phi) is 8.30. The van der Waals surface area contributed by atoms with E-state index in [1.807, 2.05) is 58.3 Å². The second kappa shape index (κ2) is 12.0. The van der Waals surface area contributed by atoms with Crippen molar-refractivity contribution in [2.75, 3.05) is 49.5 Å². The molecule has 38 heavy (non-hydrogen) atoms. The van der Waals surface area contributed by atoms with E-state index < -0.39 is 0 Å². The number of hydrogen-bond acceptors (Lipinski definition) is 4. The standard InChI is InChI=1S/C31H40N4O3/c1-2-26(23-10-5-3-6-11-23)30(37)35-20-18-33(19-21-35)28-15-14-25(32-29(36)24-12-9-13-24)22-27(28)31(38)34-16-7-4-8-17-34/h3,5-6,10-11,14-15,22,24,26H,2,4,7-9,12-13,16-21H2,1H3,(H,32,36). The van der Waals surface area contributed by atoms with Gasteiger partial charge in [0.2, 0.25) is 11.8 Å². The second-order valence-corrected chi connectivity index (χ2v) is 10.9. The van der Waals surface area contributed by atoms with Crippen LogP contribution in [0.1, 0.15) is 73.7 Å². The third kappa shape index (κ3) is 5.71. The van der Waals surface area contributed by atoms with Crippen LogP contribution >= 0.6 is 0 Å². The Hall–Kier alpha value is -3.35. The minimum absolute atomic E-state index is 0.0353. The normalized spacial score (nSPS) is 19.0. The summed E-state index contributed by atoms with van der Waals surface area (Å²) in [7, 11) is 0. The number of piperazine rings is 1. The maximum atomic E-state index is 13.7. The van der Waals surface area contributed by atoms with E-state index >= 15 is 0 Å². The fourth-order valence-corrected chi connectivity index (χ4v) is 5.87. The number of hydrogen-bond donors (Lipinski definition) is 1. The summed E-state index contributed by atoms with van der Waals surface area (Å²) in [5, 5.41) is 3.05. The van der Waals surface area contributed by atoms with Crippen molar-refractivity contribution < 1.29 is 14.4 Å². The van der Waals surface area contributed by atoms with Crippen molar-refractivity contribution in [2.45, 2.75) is 57.8 Å². The maximum absolute atomic E-state index is 13.7. The highest BCUT2D eigenvalue weighted by Gasteiger charge is 2.30. The Bertz CT molecular complexity index is 1130. The zero-order valence-electron chi connectivity index (χ0n) is 22.5. The van der Waals surface area contributed by atoms with E-state index in [2.05, 4.69) is 17.1 Å². The van der Waals surface area contributed by atoms with Crippen molar-refractivity contribution in [3.05, 3.63) is 59.7 Å². The van der Waals surface area contributed by atoms with Gasteiger partial charge in [0.15, 0.2) is 0 Å². The third-order valence-electron chi connectivity index (χ3n) is 8.45. The molecule has 1 aliphatic carbocycles. The van der Waals surface area contributed by atoms with E-state index in [1.54, 1.807) is 0 Å². The first-order valence-corrected chi connectivity index (χ1v) is 14.4. The summed E-state index contributed by atoms with van der Waals surface area (Å²) in [4.78, 5) is 45.8. The van der Waals surface area contributed by atoms with Crippen LogP contribution in [0.15, 0.2) is 48.5 Å². The molecule has 0 bridgehead atoms. The summed E-state index contributed by atoms with van der Waals surface area (Å²) < 4.78 is 0. The Morgan fingerprint density at radius 3 is 2.18 bits per heavy atom. The van der Waals surface area contributed by atoms with E-state index in [-0.39, 0.29) is 29.6 Å². The van der Waals surface area contributed by atoms with Crippen LogP contribution in [0.3, 0.4) is 0 Å². The van der Waals surface area contributed by atoms with Gasteiger partial charge in [-0.1, -0.05) is 43.7 Å². The largest absolute Gasteiger partial charge is 0.367 e. The molecule has 3 aliphatic rings. The Labute approximate surface area is 226 Å². The molecule has 0 aromatic heterocycles. The van der Waals surface area contributed by atoms with Gasteiger partial charge in [-0.3, -0.25) is 14.4 Å². The summed E-state index contributed by atoms with van der Waals surface area (Å²) in [5.74, 6) is 0.225. The highest BCUT2D eigenvalue weighted by atomic mass is 16.2. The molecule has 7 heteroatoms. The fraction of sp³-hybridized carbons (Fsp3) is 0.516. The van der Waals surface area contributed by atoms with Gasteiger partial charge in [-0.15, -0.1) is 0 Å². The molecule has 0 radical (unpaired) electrons. The maximum Gasteiger partial charge on any atom is 0.256 e. The molecule has 1 N–H and O–H groups in total. The number of nitrogens with zero attached hydrogens (tertiary/aromatic N) is 3. The molecule has 2 aromatic rings. The fourth-order valence-electron chi connectivity index (χ4n) is 5.87. The van der Waals surface area contributed by atoms with Gasteiger partial charge >= 0.3 is 0 Å². The van der Waals surface area contributed by atoms with Crippen LogP contribution in [0, 0.1) is 5.92 Å². The molecule has 202 valence electrons. The summed E-state index contributed by atoms with van der Waals surface area (Å²) in [6.45, 7) is 6.21. The molecular formula is C31H40N4O3. The van der Waals surface area contributed by atoms with E-state index in [9.17, 15) is 14.4 Å². The van der Waals surface area contributed by atoms with Crippen molar-refractivity contribution in [3.63, 3.8) is 0 Å². The van der Waals surface area contributed by atoms with Crippen molar-refractivity contribution in [1.82, 2.24) is 9.80 Å². The zero-order chi connectivity index (χ0) is 26.5. The molecule has 3 amide bonds. The molecule has 1 saturated carbocycles. The average molecular weight is 517 g/mol. The van der Waals surface area contributed by atoms with Gasteiger partial charge in [0.05, 0.1) is 11.5 Å². The van der Waals surface area contributed by atoms with Gasteiger partial charge in [0.25, 0.3) is 5.91 Å². The smallest absolute Gasteiger partial charge is 0.256 e. The first-order valence-electron chi connectivity index (χ1n) is 14.4. The van der Waals surface area contributed by atoms with Crippen molar-refractivity contribution in [3.8, 4) is 0 Å². The van der Waals surface area contributed by atoms with Gasteiger partial charge < -0.3 is 20.0 Å². The lowest BCUT2D eigenvalue weighted by atomic mass is 9.85. The predicted octanol–water partition coefficient (Wildman–Crippen LogP) is 4.89. The number of anilines is 2. The Morgan fingerprint density at radius 1 is 0.842 bits per heavy atom. The highest BCUT2D eigenvalue weighted by Crippen LogP contribution is 2.31. The van der Waals surface area contributed by atoms with Crippen LogP contribution in [0.5, 0.6) is 0 Å². The molecule has 7 nitrogen and oxygen atoms in total. The highest BCUT2D eigenvalue weighted by molar-refractivity contribution is 6.02. The molecule has 1 atom stereocenters. The van der Waals surface area contributed by atoms with Crippen LogP contribution < -0.4 is 10.2 Å². The number of carbonyl (C=O) groups excluding carboxylic acids is 3. The number of carbonyl (C=O) groups is 3.